The highest BCUT2D eigenvalue weighted by molar-refractivity contribution is 6.05. The zero-order valence-corrected chi connectivity index (χ0v) is 19.5. The van der Waals surface area contributed by atoms with Crippen molar-refractivity contribution in [3.63, 3.8) is 0 Å². The number of fused-ring (bicyclic) bond motifs is 1. The maximum atomic E-state index is 12.9. The van der Waals surface area contributed by atoms with Crippen LogP contribution in [0.2, 0.25) is 0 Å². The van der Waals surface area contributed by atoms with Crippen LogP contribution in [-0.2, 0) is 9.59 Å². The summed E-state index contributed by atoms with van der Waals surface area (Å²) >= 11 is 0. The summed E-state index contributed by atoms with van der Waals surface area (Å²) in [5.74, 6) is 0.277. The van der Waals surface area contributed by atoms with Gasteiger partial charge in [-0.25, -0.2) is 0 Å². The van der Waals surface area contributed by atoms with Gasteiger partial charge in [-0.15, -0.1) is 0 Å². The monoisotopic (exact) mass is 465 g/mol. The summed E-state index contributed by atoms with van der Waals surface area (Å²) in [6.07, 6.45) is 3.66. The van der Waals surface area contributed by atoms with Crippen molar-refractivity contribution in [1.82, 2.24) is 10.2 Å². The van der Waals surface area contributed by atoms with Gasteiger partial charge in [0, 0.05) is 18.7 Å². The number of nitrogens with one attached hydrogen (secondary N) is 1. The second-order valence-electron chi connectivity index (χ2n) is 8.63. The van der Waals surface area contributed by atoms with E-state index in [2.05, 4.69) is 10.2 Å². The molecule has 0 bridgehead atoms. The number of ether oxygens (including phenoxy) is 2. The molecule has 2 aliphatic heterocycles. The number of ketones is 1. The van der Waals surface area contributed by atoms with Crippen molar-refractivity contribution in [3.8, 4) is 11.5 Å². The van der Waals surface area contributed by atoms with Gasteiger partial charge in [-0.2, -0.15) is 0 Å². The third kappa shape index (κ3) is 5.75. The second kappa shape index (κ2) is 11.2. The van der Waals surface area contributed by atoms with E-state index in [-0.39, 0.29) is 30.8 Å². The van der Waals surface area contributed by atoms with Crippen LogP contribution in [0.4, 0.5) is 5.69 Å². The summed E-state index contributed by atoms with van der Waals surface area (Å²) in [6, 6.07) is 13.3. The first kappa shape index (κ1) is 23.8. The molecule has 8 nitrogen and oxygen atoms in total. The minimum atomic E-state index is -0.734. The van der Waals surface area contributed by atoms with Crippen molar-refractivity contribution in [2.24, 2.45) is 0 Å². The molecule has 8 heteroatoms. The van der Waals surface area contributed by atoms with Crippen LogP contribution in [0.15, 0.2) is 48.5 Å². The summed E-state index contributed by atoms with van der Waals surface area (Å²) in [4.78, 5) is 42.1. The number of rotatable bonds is 9. The van der Waals surface area contributed by atoms with Crippen LogP contribution in [-0.4, -0.2) is 67.9 Å². The Kier molecular flexibility index (Phi) is 7.80. The molecular formula is C26H31N3O5. The number of anilines is 1. The van der Waals surface area contributed by atoms with Crippen molar-refractivity contribution in [3.05, 3.63) is 54.1 Å². The highest BCUT2D eigenvalue weighted by atomic mass is 16.5. The number of para-hydroxylation sites is 1. The molecule has 0 unspecified atom stereocenters. The summed E-state index contributed by atoms with van der Waals surface area (Å²) in [6.45, 7) is 4.86. The normalized spacial score (nSPS) is 16.9. The molecule has 1 saturated heterocycles. The van der Waals surface area contributed by atoms with Gasteiger partial charge in [0.15, 0.2) is 19.0 Å². The van der Waals surface area contributed by atoms with Crippen LogP contribution < -0.4 is 19.7 Å². The van der Waals surface area contributed by atoms with E-state index in [1.165, 1.54) is 24.2 Å². The second-order valence-corrected chi connectivity index (χ2v) is 8.63. The number of nitrogens with zero attached hydrogens (tertiary/aromatic N) is 2. The maximum absolute atomic E-state index is 12.9. The summed E-state index contributed by atoms with van der Waals surface area (Å²) in [5, 5.41) is 2.95. The maximum Gasteiger partial charge on any atom is 0.265 e. The number of amides is 2. The molecule has 2 aromatic rings. The average Bonchev–Trinajstić information content (AvgIpc) is 2.87. The molecule has 0 aromatic heterocycles. The zero-order valence-electron chi connectivity index (χ0n) is 19.5. The molecule has 2 amide bonds. The highest BCUT2D eigenvalue weighted by Gasteiger charge is 2.33. The molecule has 1 fully saturated rings. The lowest BCUT2D eigenvalue weighted by molar-refractivity contribution is -0.127. The van der Waals surface area contributed by atoms with Gasteiger partial charge >= 0.3 is 0 Å². The predicted octanol–water partition coefficient (Wildman–Crippen LogP) is 2.66. The van der Waals surface area contributed by atoms with E-state index in [0.717, 1.165) is 19.6 Å². The number of hydrogen-bond donors (Lipinski definition) is 1. The van der Waals surface area contributed by atoms with Gasteiger partial charge in [0.1, 0.15) is 17.5 Å². The zero-order chi connectivity index (χ0) is 23.9. The Bertz CT molecular complexity index is 1020. The molecule has 4 rings (SSSR count). The predicted molar refractivity (Wildman–Crippen MR) is 128 cm³/mol. The van der Waals surface area contributed by atoms with Gasteiger partial charge in [-0.3, -0.25) is 19.3 Å². The number of piperidine rings is 1. The molecule has 34 heavy (non-hydrogen) atoms. The minimum Gasteiger partial charge on any atom is -0.485 e. The smallest absolute Gasteiger partial charge is 0.265 e. The van der Waals surface area contributed by atoms with Crippen LogP contribution in [0.25, 0.3) is 0 Å². The molecule has 0 saturated carbocycles. The van der Waals surface area contributed by atoms with E-state index in [4.69, 9.17) is 9.47 Å². The number of carbonyl (C=O) groups excluding carboxylic acids is 3. The Labute approximate surface area is 199 Å². The Balaban J connectivity index is 1.41. The molecular weight excluding hydrogens is 434 g/mol. The third-order valence-corrected chi connectivity index (χ3v) is 6.22. The van der Waals surface area contributed by atoms with E-state index >= 15 is 0 Å². The van der Waals surface area contributed by atoms with Gasteiger partial charge in [-0.05, 0) is 63.2 Å². The van der Waals surface area contributed by atoms with Crippen molar-refractivity contribution in [1.29, 1.82) is 0 Å². The van der Waals surface area contributed by atoms with Gasteiger partial charge in [0.05, 0.1) is 5.69 Å². The van der Waals surface area contributed by atoms with Gasteiger partial charge < -0.3 is 19.7 Å². The van der Waals surface area contributed by atoms with Crippen molar-refractivity contribution < 1.29 is 23.9 Å². The summed E-state index contributed by atoms with van der Waals surface area (Å²) in [5.41, 5.74) is 0.802. The average molecular weight is 466 g/mol. The molecule has 0 spiro atoms. The molecule has 2 aromatic carbocycles. The Morgan fingerprint density at radius 1 is 1.09 bits per heavy atom. The summed E-state index contributed by atoms with van der Waals surface area (Å²) < 4.78 is 11.1. The number of carbonyl (C=O) groups is 3. The number of Topliss-reactive ketones (excluding diaryl/α,β-unsaturated/α-hetero) is 1. The van der Waals surface area contributed by atoms with Gasteiger partial charge in [-0.1, -0.05) is 24.6 Å². The van der Waals surface area contributed by atoms with Crippen molar-refractivity contribution >= 4 is 23.3 Å². The standard InChI is InChI=1S/C26H31N3O5/c1-19(26(32)27-12-15-28-13-6-3-7-14-28)29-22-16-20(10-11-24(22)34-18-25(29)31)23(30)17-33-21-8-4-2-5-9-21/h2,4-5,8-11,16,19H,3,6-7,12-15,17-18H2,1H3,(H,27,32)/t19-/m0/s1. The van der Waals surface area contributed by atoms with Crippen LogP contribution in [0.5, 0.6) is 11.5 Å². The first-order chi connectivity index (χ1) is 16.5. The lowest BCUT2D eigenvalue weighted by Gasteiger charge is -2.34. The number of benzene rings is 2. The fourth-order valence-corrected chi connectivity index (χ4v) is 4.30. The lowest BCUT2D eigenvalue weighted by Crippen LogP contribution is -2.52. The van der Waals surface area contributed by atoms with E-state index < -0.39 is 6.04 Å². The number of likely N-dealkylation sites (tertiary alicyclic amines) is 1. The molecule has 1 N–H and O–H groups in total. The van der Waals surface area contributed by atoms with E-state index in [0.29, 0.717) is 29.3 Å². The minimum absolute atomic E-state index is 0.135. The highest BCUT2D eigenvalue weighted by Crippen LogP contribution is 2.34. The van der Waals surface area contributed by atoms with Crippen LogP contribution >= 0.6 is 0 Å². The summed E-state index contributed by atoms with van der Waals surface area (Å²) in [7, 11) is 0. The molecule has 2 aliphatic rings. The third-order valence-electron chi connectivity index (χ3n) is 6.22. The largest absolute Gasteiger partial charge is 0.485 e. The van der Waals surface area contributed by atoms with Crippen LogP contribution in [0, 0.1) is 0 Å². The van der Waals surface area contributed by atoms with Crippen molar-refractivity contribution in [2.45, 2.75) is 32.2 Å². The van der Waals surface area contributed by atoms with Gasteiger partial charge in [0.25, 0.3) is 5.91 Å². The first-order valence-corrected chi connectivity index (χ1v) is 11.8. The lowest BCUT2D eigenvalue weighted by atomic mass is 10.1. The SMILES string of the molecule is C[C@@H](C(=O)NCCN1CCCCC1)N1C(=O)COc2ccc(C(=O)COc3ccccc3)cc21. The Hall–Kier alpha value is -3.39. The van der Waals surface area contributed by atoms with Gasteiger partial charge in [0.2, 0.25) is 5.91 Å². The first-order valence-electron chi connectivity index (χ1n) is 11.8. The van der Waals surface area contributed by atoms with E-state index in [1.807, 2.05) is 18.2 Å². The number of hydrogen-bond acceptors (Lipinski definition) is 6. The molecule has 0 aliphatic carbocycles. The van der Waals surface area contributed by atoms with Crippen LogP contribution in [0.3, 0.4) is 0 Å². The molecule has 2 heterocycles. The van der Waals surface area contributed by atoms with Crippen molar-refractivity contribution in [2.75, 3.05) is 44.3 Å². The topological polar surface area (TPSA) is 88.2 Å². The van der Waals surface area contributed by atoms with Crippen LogP contribution in [0.1, 0.15) is 36.5 Å². The Morgan fingerprint density at radius 2 is 1.85 bits per heavy atom. The quantitative estimate of drug-likeness (QED) is 0.573. The fourth-order valence-electron chi connectivity index (χ4n) is 4.30. The van der Waals surface area contributed by atoms with E-state index in [9.17, 15) is 14.4 Å². The fraction of sp³-hybridized carbons (Fsp3) is 0.423. The Morgan fingerprint density at radius 3 is 2.62 bits per heavy atom. The molecule has 180 valence electrons. The van der Waals surface area contributed by atoms with E-state index in [1.54, 1.807) is 37.3 Å². The molecule has 1 atom stereocenters. The molecule has 0 radical (unpaired) electrons.